The van der Waals surface area contributed by atoms with Gasteiger partial charge in [-0.25, -0.2) is 14.4 Å². The molecule has 4 aromatic carbocycles. The van der Waals surface area contributed by atoms with Crippen LogP contribution < -0.4 is 15.4 Å². The van der Waals surface area contributed by atoms with Gasteiger partial charge in [-0.3, -0.25) is 0 Å². The lowest BCUT2D eigenvalue weighted by atomic mass is 9.98. The minimum atomic E-state index is -0.920. The Hall–Kier alpha value is -5.31. The summed E-state index contributed by atoms with van der Waals surface area (Å²) in [7, 11) is 0. The number of amides is 2. The molecule has 2 N–H and O–H groups in total. The van der Waals surface area contributed by atoms with Gasteiger partial charge in [-0.2, -0.15) is 0 Å². The number of nitrogens with one attached hydrogen (secondary N) is 2. The summed E-state index contributed by atoms with van der Waals surface area (Å²) in [6.07, 6.45) is 0.198. The van der Waals surface area contributed by atoms with Crippen LogP contribution in [0, 0.1) is 6.92 Å². The fraction of sp³-hybridized carbons (Fsp3) is 0.341. The van der Waals surface area contributed by atoms with Gasteiger partial charge < -0.3 is 29.6 Å². The predicted octanol–water partition coefficient (Wildman–Crippen LogP) is 8.22. The maximum atomic E-state index is 13.1. The third kappa shape index (κ3) is 10.3. The molecule has 1 atom stereocenters. The third-order valence-corrected chi connectivity index (χ3v) is 8.34. The number of alkyl carbamates (subject to hydrolysis) is 2. The van der Waals surface area contributed by atoms with E-state index in [4.69, 9.17) is 18.9 Å². The Morgan fingerprint density at radius 2 is 1.32 bits per heavy atom. The van der Waals surface area contributed by atoms with Crippen molar-refractivity contribution in [2.45, 2.75) is 77.7 Å². The van der Waals surface area contributed by atoms with Crippen LogP contribution >= 0.6 is 0 Å². The molecular formula is C41H46N2O7. The summed E-state index contributed by atoms with van der Waals surface area (Å²) >= 11 is 0. The molecule has 0 saturated carbocycles. The third-order valence-electron chi connectivity index (χ3n) is 8.34. The van der Waals surface area contributed by atoms with Gasteiger partial charge in [0.1, 0.15) is 37.2 Å². The van der Waals surface area contributed by atoms with Crippen LogP contribution in [-0.2, 0) is 32.2 Å². The summed E-state index contributed by atoms with van der Waals surface area (Å²) < 4.78 is 22.5. The SMILES string of the molecule is Cc1ccc(COc2ccc(COC(=O)[C@H](CCCCNC(=O)OCC3c4ccccc4-c4ccccc43)NC(=O)OC(C)(C)C)cc2)cc1. The number of aryl methyl sites for hydroxylation is 1. The van der Waals surface area contributed by atoms with E-state index in [9.17, 15) is 14.4 Å². The summed E-state index contributed by atoms with van der Waals surface area (Å²) in [4.78, 5) is 38.2. The number of fused-ring (bicyclic) bond motifs is 3. The normalized spacial score (nSPS) is 12.6. The van der Waals surface area contributed by atoms with Gasteiger partial charge in [-0.1, -0.05) is 90.5 Å². The Bertz CT molecular complexity index is 1700. The van der Waals surface area contributed by atoms with Crippen molar-refractivity contribution in [3.63, 3.8) is 0 Å². The Labute approximate surface area is 294 Å². The van der Waals surface area contributed by atoms with Crippen LogP contribution in [0.4, 0.5) is 9.59 Å². The molecule has 0 radical (unpaired) electrons. The van der Waals surface area contributed by atoms with Crippen molar-refractivity contribution >= 4 is 18.2 Å². The van der Waals surface area contributed by atoms with Gasteiger partial charge in [-0.15, -0.1) is 0 Å². The summed E-state index contributed by atoms with van der Waals surface area (Å²) in [5.74, 6) is 0.117. The lowest BCUT2D eigenvalue weighted by Crippen LogP contribution is -2.44. The molecule has 0 bridgehead atoms. The van der Waals surface area contributed by atoms with Crippen molar-refractivity contribution in [2.24, 2.45) is 0 Å². The van der Waals surface area contributed by atoms with Crippen LogP contribution in [0.5, 0.6) is 5.75 Å². The standard InChI is InChI=1S/C41H46N2O7/c1-28-16-18-29(19-17-28)25-47-31-22-20-30(21-23-31)26-48-38(44)37(43-40(46)50-41(2,3)4)15-9-10-24-42-39(45)49-27-36-34-13-7-5-11-32(34)33-12-6-8-14-35(33)36/h5-8,11-14,16-23,36-37H,9-10,15,24-27H2,1-4H3,(H,42,45)(H,43,46)/t37-/m0/s1. The molecule has 9 heteroatoms. The van der Waals surface area contributed by atoms with Crippen LogP contribution in [0.15, 0.2) is 97.1 Å². The van der Waals surface area contributed by atoms with Crippen molar-refractivity contribution in [1.29, 1.82) is 0 Å². The highest BCUT2D eigenvalue weighted by Crippen LogP contribution is 2.44. The number of rotatable bonds is 14. The van der Waals surface area contributed by atoms with E-state index in [-0.39, 0.29) is 19.1 Å². The van der Waals surface area contributed by atoms with Crippen molar-refractivity contribution < 1.29 is 33.3 Å². The smallest absolute Gasteiger partial charge is 0.408 e. The highest BCUT2D eigenvalue weighted by Gasteiger charge is 2.29. The van der Waals surface area contributed by atoms with Crippen LogP contribution in [0.2, 0.25) is 0 Å². The molecule has 2 amide bonds. The number of unbranched alkanes of at least 4 members (excludes halogenated alkanes) is 1. The molecule has 1 aliphatic rings. The zero-order valence-electron chi connectivity index (χ0n) is 29.2. The van der Waals surface area contributed by atoms with Gasteiger partial charge in [-0.05, 0) is 92.5 Å². The second-order valence-electron chi connectivity index (χ2n) is 13.5. The number of hydrogen-bond donors (Lipinski definition) is 2. The molecular weight excluding hydrogens is 632 g/mol. The maximum absolute atomic E-state index is 13.1. The number of esters is 1. The molecule has 0 saturated heterocycles. The predicted molar refractivity (Wildman–Crippen MR) is 192 cm³/mol. The Kier molecular flexibility index (Phi) is 12.1. The van der Waals surface area contributed by atoms with Crippen molar-refractivity contribution in [1.82, 2.24) is 10.6 Å². The first kappa shape index (κ1) is 36.0. The van der Waals surface area contributed by atoms with Crippen molar-refractivity contribution in [3.8, 4) is 16.9 Å². The lowest BCUT2D eigenvalue weighted by molar-refractivity contribution is -0.147. The van der Waals surface area contributed by atoms with Gasteiger partial charge in [0.2, 0.25) is 0 Å². The van der Waals surface area contributed by atoms with E-state index in [1.165, 1.54) is 16.7 Å². The molecule has 5 rings (SSSR count). The molecule has 4 aromatic rings. The molecule has 0 aliphatic heterocycles. The van der Waals surface area contributed by atoms with E-state index < -0.39 is 29.8 Å². The first-order chi connectivity index (χ1) is 24.1. The number of benzene rings is 4. The topological polar surface area (TPSA) is 112 Å². The number of carbonyl (C=O) groups excluding carboxylic acids is 3. The van der Waals surface area contributed by atoms with Crippen molar-refractivity contribution in [3.05, 3.63) is 125 Å². The fourth-order valence-corrected chi connectivity index (χ4v) is 5.80. The summed E-state index contributed by atoms with van der Waals surface area (Å²) in [6.45, 7) is 8.37. The summed E-state index contributed by atoms with van der Waals surface area (Å²) in [6, 6.07) is 30.9. The van der Waals surface area contributed by atoms with Gasteiger partial charge in [0.25, 0.3) is 0 Å². The summed E-state index contributed by atoms with van der Waals surface area (Å²) in [5.41, 5.74) is 6.96. The highest BCUT2D eigenvalue weighted by molar-refractivity contribution is 5.81. The quantitative estimate of drug-likeness (QED) is 0.0785. The van der Waals surface area contributed by atoms with Crippen LogP contribution in [0.3, 0.4) is 0 Å². The number of carbonyl (C=O) groups is 3. The average molecular weight is 679 g/mol. The monoisotopic (exact) mass is 678 g/mol. The van der Waals surface area contributed by atoms with Crippen LogP contribution in [0.1, 0.15) is 73.8 Å². The lowest BCUT2D eigenvalue weighted by Gasteiger charge is -2.23. The summed E-state index contributed by atoms with van der Waals surface area (Å²) in [5, 5.41) is 5.46. The first-order valence-corrected chi connectivity index (χ1v) is 17.1. The Morgan fingerprint density at radius 3 is 1.96 bits per heavy atom. The molecule has 0 aromatic heterocycles. The van der Waals surface area contributed by atoms with Crippen LogP contribution in [0.25, 0.3) is 11.1 Å². The zero-order chi connectivity index (χ0) is 35.5. The largest absolute Gasteiger partial charge is 0.489 e. The van der Waals surface area contributed by atoms with Crippen LogP contribution in [-0.4, -0.2) is 43.0 Å². The molecule has 1 aliphatic carbocycles. The minimum absolute atomic E-state index is 0.0193. The molecule has 9 nitrogen and oxygen atoms in total. The van der Waals surface area contributed by atoms with Gasteiger partial charge >= 0.3 is 18.2 Å². The molecule has 0 unspecified atom stereocenters. The van der Waals surface area contributed by atoms with E-state index in [0.29, 0.717) is 38.2 Å². The second-order valence-corrected chi connectivity index (χ2v) is 13.5. The van der Waals surface area contributed by atoms with E-state index >= 15 is 0 Å². The molecule has 0 heterocycles. The van der Waals surface area contributed by atoms with E-state index in [1.54, 1.807) is 20.8 Å². The molecule has 0 spiro atoms. The van der Waals surface area contributed by atoms with E-state index in [2.05, 4.69) is 34.9 Å². The van der Waals surface area contributed by atoms with Crippen molar-refractivity contribution in [2.75, 3.05) is 13.2 Å². The maximum Gasteiger partial charge on any atom is 0.408 e. The average Bonchev–Trinajstić information content (AvgIpc) is 3.42. The fourth-order valence-electron chi connectivity index (χ4n) is 5.80. The van der Waals surface area contributed by atoms with Gasteiger partial charge in [0.15, 0.2) is 0 Å². The molecule has 50 heavy (non-hydrogen) atoms. The van der Waals surface area contributed by atoms with Gasteiger partial charge in [0, 0.05) is 12.5 Å². The molecule has 0 fully saturated rings. The number of ether oxygens (including phenoxy) is 4. The first-order valence-electron chi connectivity index (χ1n) is 17.1. The molecule has 262 valence electrons. The highest BCUT2D eigenvalue weighted by atomic mass is 16.6. The Morgan fingerprint density at radius 1 is 0.720 bits per heavy atom. The minimum Gasteiger partial charge on any atom is -0.489 e. The van der Waals surface area contributed by atoms with Gasteiger partial charge in [0.05, 0.1) is 0 Å². The van der Waals surface area contributed by atoms with E-state index in [1.807, 2.05) is 79.7 Å². The van der Waals surface area contributed by atoms with E-state index in [0.717, 1.165) is 22.3 Å². The number of hydrogen-bond acceptors (Lipinski definition) is 7. The second kappa shape index (κ2) is 16.9. The zero-order valence-corrected chi connectivity index (χ0v) is 29.2. The Balaban J connectivity index is 1.06.